The number of aryl methyl sites for hydroxylation is 2. The van der Waals surface area contributed by atoms with Gasteiger partial charge < -0.3 is 0 Å². The van der Waals surface area contributed by atoms with Gasteiger partial charge in [0.25, 0.3) is 5.91 Å². The Morgan fingerprint density at radius 3 is 2.67 bits per heavy atom. The van der Waals surface area contributed by atoms with Gasteiger partial charge in [-0.05, 0) is 19.8 Å². The smallest absolute Gasteiger partial charge is 0.261 e. The number of carbonyl (C=O) groups excluding carboxylic acids is 1. The lowest BCUT2D eigenvalue weighted by atomic mass is 10.2. The number of thiazole rings is 1. The number of hydrogen-bond acceptors (Lipinski definition) is 4. The van der Waals surface area contributed by atoms with E-state index in [4.69, 9.17) is 0 Å². The number of nitrogens with one attached hydrogen (secondary N) is 2. The maximum absolute atomic E-state index is 12.1. The minimum atomic E-state index is -0.164. The van der Waals surface area contributed by atoms with Crippen LogP contribution in [-0.2, 0) is 0 Å². The highest BCUT2D eigenvalue weighted by atomic mass is 32.1. The van der Waals surface area contributed by atoms with Crippen LogP contribution in [0.2, 0.25) is 0 Å². The average Bonchev–Trinajstić information content (AvgIpc) is 2.86. The third kappa shape index (κ3) is 2.43. The molecule has 6 heteroatoms. The largest absolute Gasteiger partial charge is 0.298 e. The maximum Gasteiger partial charge on any atom is 0.261 e. The molecule has 0 aliphatic heterocycles. The van der Waals surface area contributed by atoms with Gasteiger partial charge in [-0.1, -0.05) is 13.8 Å². The Hall–Kier alpha value is -1.69. The van der Waals surface area contributed by atoms with E-state index in [1.54, 1.807) is 6.92 Å². The second-order valence-electron chi connectivity index (χ2n) is 4.50. The molecular formula is C12H16N4OS. The Balaban J connectivity index is 2.16. The van der Waals surface area contributed by atoms with Crippen molar-refractivity contribution in [3.8, 4) is 0 Å². The molecule has 0 saturated carbocycles. The quantitative estimate of drug-likeness (QED) is 0.895. The van der Waals surface area contributed by atoms with E-state index < -0.39 is 0 Å². The SMILES string of the molecule is Cc1n[nH]c(C)c1C(=O)Nc1nc(C(C)C)cs1. The first-order valence-electron chi connectivity index (χ1n) is 5.77. The number of anilines is 1. The summed E-state index contributed by atoms with van der Waals surface area (Å²) in [6.07, 6.45) is 0. The fourth-order valence-corrected chi connectivity index (χ4v) is 2.52. The van der Waals surface area contributed by atoms with Gasteiger partial charge >= 0.3 is 0 Å². The summed E-state index contributed by atoms with van der Waals surface area (Å²) in [7, 11) is 0. The van der Waals surface area contributed by atoms with Crippen LogP contribution in [0.3, 0.4) is 0 Å². The van der Waals surface area contributed by atoms with Crippen LogP contribution < -0.4 is 5.32 Å². The van der Waals surface area contributed by atoms with E-state index in [1.165, 1.54) is 11.3 Å². The standard InChI is InChI=1S/C12H16N4OS/c1-6(2)9-5-18-12(13-9)14-11(17)10-7(3)15-16-8(10)4/h5-6H,1-4H3,(H,15,16)(H,13,14,17). The zero-order valence-electron chi connectivity index (χ0n) is 10.9. The van der Waals surface area contributed by atoms with Crippen LogP contribution in [0.25, 0.3) is 0 Å². The molecule has 2 heterocycles. The van der Waals surface area contributed by atoms with Crippen LogP contribution in [0.4, 0.5) is 5.13 Å². The summed E-state index contributed by atoms with van der Waals surface area (Å²) in [4.78, 5) is 16.5. The van der Waals surface area contributed by atoms with Gasteiger partial charge in [-0.25, -0.2) is 4.98 Å². The summed E-state index contributed by atoms with van der Waals surface area (Å²) < 4.78 is 0. The van der Waals surface area contributed by atoms with E-state index in [0.29, 0.717) is 22.3 Å². The van der Waals surface area contributed by atoms with E-state index in [1.807, 2.05) is 12.3 Å². The average molecular weight is 264 g/mol. The number of nitrogens with zero attached hydrogens (tertiary/aromatic N) is 2. The lowest BCUT2D eigenvalue weighted by Crippen LogP contribution is -2.13. The van der Waals surface area contributed by atoms with Crippen LogP contribution in [-0.4, -0.2) is 21.1 Å². The van der Waals surface area contributed by atoms with Crippen molar-refractivity contribution in [2.75, 3.05) is 5.32 Å². The van der Waals surface area contributed by atoms with Gasteiger partial charge in [0.2, 0.25) is 0 Å². The highest BCUT2D eigenvalue weighted by Gasteiger charge is 2.16. The first-order chi connectivity index (χ1) is 8.49. The lowest BCUT2D eigenvalue weighted by molar-refractivity contribution is 0.102. The van der Waals surface area contributed by atoms with Crippen LogP contribution in [0.15, 0.2) is 5.38 Å². The molecule has 2 aromatic rings. The van der Waals surface area contributed by atoms with E-state index in [9.17, 15) is 4.79 Å². The molecule has 0 aliphatic carbocycles. The normalized spacial score (nSPS) is 10.9. The van der Waals surface area contributed by atoms with Crippen molar-refractivity contribution in [1.82, 2.24) is 15.2 Å². The number of hydrogen-bond donors (Lipinski definition) is 2. The number of aromatic amines is 1. The Morgan fingerprint density at radius 1 is 1.44 bits per heavy atom. The van der Waals surface area contributed by atoms with E-state index >= 15 is 0 Å². The van der Waals surface area contributed by atoms with E-state index in [0.717, 1.165) is 11.4 Å². The summed E-state index contributed by atoms with van der Waals surface area (Å²) >= 11 is 1.44. The molecule has 0 atom stereocenters. The number of carbonyl (C=O) groups is 1. The van der Waals surface area contributed by atoms with Crippen LogP contribution >= 0.6 is 11.3 Å². The van der Waals surface area contributed by atoms with Gasteiger partial charge in [-0.2, -0.15) is 5.10 Å². The Bertz CT molecular complexity index is 551. The summed E-state index contributed by atoms with van der Waals surface area (Å²) in [5.74, 6) is 0.202. The van der Waals surface area contributed by atoms with Crippen molar-refractivity contribution >= 4 is 22.4 Å². The van der Waals surface area contributed by atoms with Crippen molar-refractivity contribution in [2.45, 2.75) is 33.6 Å². The topological polar surface area (TPSA) is 70.7 Å². The van der Waals surface area contributed by atoms with Crippen LogP contribution in [0.5, 0.6) is 0 Å². The monoisotopic (exact) mass is 264 g/mol. The third-order valence-electron chi connectivity index (χ3n) is 2.69. The van der Waals surface area contributed by atoms with Crippen molar-refractivity contribution < 1.29 is 4.79 Å². The predicted octanol–water partition coefficient (Wildman–Crippen LogP) is 2.86. The summed E-state index contributed by atoms with van der Waals surface area (Å²) in [6.45, 7) is 7.78. The molecule has 0 aliphatic rings. The fourth-order valence-electron chi connectivity index (χ4n) is 1.65. The minimum absolute atomic E-state index is 0.164. The first kappa shape index (κ1) is 12.8. The number of rotatable bonds is 3. The molecule has 0 saturated heterocycles. The van der Waals surface area contributed by atoms with Crippen molar-refractivity contribution in [2.24, 2.45) is 0 Å². The molecule has 1 amide bonds. The molecule has 0 spiro atoms. The lowest BCUT2D eigenvalue weighted by Gasteiger charge is -2.02. The first-order valence-corrected chi connectivity index (χ1v) is 6.65. The van der Waals surface area contributed by atoms with Crippen molar-refractivity contribution in [3.63, 3.8) is 0 Å². The van der Waals surface area contributed by atoms with E-state index in [2.05, 4.69) is 34.3 Å². The number of H-pyrrole nitrogens is 1. The fraction of sp³-hybridized carbons (Fsp3) is 0.417. The predicted molar refractivity (Wildman–Crippen MR) is 72.2 cm³/mol. The molecule has 0 unspecified atom stereocenters. The molecule has 96 valence electrons. The highest BCUT2D eigenvalue weighted by molar-refractivity contribution is 7.14. The highest BCUT2D eigenvalue weighted by Crippen LogP contribution is 2.22. The molecule has 2 N–H and O–H groups in total. The minimum Gasteiger partial charge on any atom is -0.298 e. The maximum atomic E-state index is 12.1. The molecule has 0 fully saturated rings. The second kappa shape index (κ2) is 4.89. The molecule has 5 nitrogen and oxygen atoms in total. The van der Waals surface area contributed by atoms with E-state index in [-0.39, 0.29) is 5.91 Å². The molecule has 0 radical (unpaired) electrons. The number of aromatic nitrogens is 3. The van der Waals surface area contributed by atoms with Crippen molar-refractivity contribution in [1.29, 1.82) is 0 Å². The van der Waals surface area contributed by atoms with Crippen LogP contribution in [0, 0.1) is 13.8 Å². The second-order valence-corrected chi connectivity index (χ2v) is 5.35. The Kier molecular flexibility index (Phi) is 3.47. The Labute approximate surface area is 110 Å². The molecular weight excluding hydrogens is 248 g/mol. The van der Waals surface area contributed by atoms with Gasteiger partial charge in [-0.3, -0.25) is 15.2 Å². The summed E-state index contributed by atoms with van der Waals surface area (Å²) in [6, 6.07) is 0. The van der Waals surface area contributed by atoms with Gasteiger partial charge in [0, 0.05) is 11.1 Å². The van der Waals surface area contributed by atoms with Gasteiger partial charge in [0.1, 0.15) is 0 Å². The molecule has 0 aromatic carbocycles. The molecule has 0 bridgehead atoms. The zero-order chi connectivity index (χ0) is 13.3. The van der Waals surface area contributed by atoms with Gasteiger partial charge in [0.15, 0.2) is 5.13 Å². The summed E-state index contributed by atoms with van der Waals surface area (Å²) in [5.41, 5.74) is 3.06. The molecule has 18 heavy (non-hydrogen) atoms. The molecule has 2 aromatic heterocycles. The Morgan fingerprint density at radius 2 is 2.17 bits per heavy atom. The van der Waals surface area contributed by atoms with Gasteiger partial charge in [0.05, 0.1) is 17.0 Å². The van der Waals surface area contributed by atoms with Crippen molar-refractivity contribution in [3.05, 3.63) is 28.0 Å². The van der Waals surface area contributed by atoms with Gasteiger partial charge in [-0.15, -0.1) is 11.3 Å². The third-order valence-corrected chi connectivity index (χ3v) is 3.47. The molecule has 2 rings (SSSR count). The van der Waals surface area contributed by atoms with Crippen LogP contribution in [0.1, 0.15) is 47.2 Å². The summed E-state index contributed by atoms with van der Waals surface area (Å²) in [5, 5.41) is 12.2. The number of amides is 1. The zero-order valence-corrected chi connectivity index (χ0v) is 11.7.